The monoisotopic (exact) mass is 246 g/mol. The molecule has 2 N–H and O–H groups in total. The molecule has 0 bridgehead atoms. The number of carboxylic acids is 1. The number of nitrogens with zero attached hydrogens (tertiary/aromatic N) is 4. The molecule has 2 aromatic rings. The number of benzene rings is 1. The van der Waals surface area contributed by atoms with E-state index < -0.39 is 11.9 Å². The average molecular weight is 246 g/mol. The molecule has 1 fully saturated rings. The van der Waals surface area contributed by atoms with Crippen molar-refractivity contribution < 1.29 is 15.0 Å². The maximum absolute atomic E-state index is 10.9. The van der Waals surface area contributed by atoms with Crippen LogP contribution in [-0.2, 0) is 4.79 Å². The van der Waals surface area contributed by atoms with Gasteiger partial charge in [0.2, 0.25) is 0 Å². The Bertz CT molecular complexity index is 610. The molecule has 0 radical (unpaired) electrons. The van der Waals surface area contributed by atoms with E-state index in [1.165, 1.54) is 10.7 Å². The first-order chi connectivity index (χ1) is 8.66. The summed E-state index contributed by atoms with van der Waals surface area (Å²) in [5.74, 6) is -0.759. The molecule has 0 saturated heterocycles. The summed E-state index contributed by atoms with van der Waals surface area (Å²) in [6.07, 6.45) is 0.550. The van der Waals surface area contributed by atoms with Crippen molar-refractivity contribution in [1.29, 1.82) is 0 Å². The van der Waals surface area contributed by atoms with E-state index in [0.717, 1.165) is 0 Å². The van der Waals surface area contributed by atoms with E-state index in [2.05, 4.69) is 15.5 Å². The molecule has 2 unspecified atom stereocenters. The Morgan fingerprint density at radius 2 is 2.28 bits per heavy atom. The first-order valence-corrected chi connectivity index (χ1v) is 5.47. The summed E-state index contributed by atoms with van der Waals surface area (Å²) in [5.41, 5.74) is 0.617. The lowest BCUT2D eigenvalue weighted by molar-refractivity contribution is -0.138. The lowest BCUT2D eigenvalue weighted by Gasteiger charge is -2.03. The lowest BCUT2D eigenvalue weighted by atomic mass is 10.2. The molecule has 1 aliphatic rings. The fourth-order valence-corrected chi connectivity index (χ4v) is 1.99. The number of tetrazole rings is 1. The van der Waals surface area contributed by atoms with Gasteiger partial charge in [0.25, 0.3) is 0 Å². The molecule has 0 spiro atoms. The summed E-state index contributed by atoms with van der Waals surface area (Å²) in [4.78, 5) is 10.9. The summed E-state index contributed by atoms with van der Waals surface area (Å²) < 4.78 is 1.47. The Morgan fingerprint density at radius 3 is 2.94 bits per heavy atom. The number of hydrogen-bond donors (Lipinski definition) is 2. The van der Waals surface area contributed by atoms with Gasteiger partial charge in [0.1, 0.15) is 5.75 Å². The van der Waals surface area contributed by atoms with Crippen molar-refractivity contribution in [2.24, 2.45) is 5.92 Å². The second kappa shape index (κ2) is 3.80. The Labute approximate surface area is 102 Å². The van der Waals surface area contributed by atoms with Crippen LogP contribution in [-0.4, -0.2) is 36.4 Å². The smallest absolute Gasteiger partial charge is 0.307 e. The van der Waals surface area contributed by atoms with Crippen LogP contribution in [0.1, 0.15) is 18.2 Å². The first-order valence-electron chi connectivity index (χ1n) is 5.47. The molecule has 1 aromatic heterocycles. The molecule has 1 saturated carbocycles. The predicted octanol–water partition coefficient (Wildman–Crippen LogP) is 0.556. The van der Waals surface area contributed by atoms with Gasteiger partial charge in [-0.1, -0.05) is 6.07 Å². The second-order valence-corrected chi connectivity index (χ2v) is 4.26. The minimum Gasteiger partial charge on any atom is -0.508 e. The molecular weight excluding hydrogens is 236 g/mol. The maximum Gasteiger partial charge on any atom is 0.307 e. The van der Waals surface area contributed by atoms with Crippen LogP contribution >= 0.6 is 0 Å². The topological polar surface area (TPSA) is 101 Å². The molecular formula is C11H10N4O3. The first kappa shape index (κ1) is 10.7. The summed E-state index contributed by atoms with van der Waals surface area (Å²) in [6, 6.07) is 6.50. The van der Waals surface area contributed by atoms with Crippen LogP contribution in [0, 0.1) is 5.92 Å². The zero-order valence-corrected chi connectivity index (χ0v) is 9.26. The van der Waals surface area contributed by atoms with Crippen molar-refractivity contribution in [3.8, 4) is 11.4 Å². The minimum absolute atomic E-state index is 0.111. The van der Waals surface area contributed by atoms with Crippen molar-refractivity contribution in [3.63, 3.8) is 0 Å². The van der Waals surface area contributed by atoms with Gasteiger partial charge >= 0.3 is 5.97 Å². The maximum atomic E-state index is 10.9. The van der Waals surface area contributed by atoms with Crippen LogP contribution in [0.25, 0.3) is 5.69 Å². The van der Waals surface area contributed by atoms with Crippen LogP contribution in [0.2, 0.25) is 0 Å². The molecule has 92 valence electrons. The third-order valence-corrected chi connectivity index (χ3v) is 3.01. The minimum atomic E-state index is -0.828. The number of aliphatic carboxylic acids is 1. The van der Waals surface area contributed by atoms with Gasteiger partial charge in [0, 0.05) is 12.0 Å². The Balaban J connectivity index is 1.96. The Kier molecular flexibility index (Phi) is 2.26. The molecule has 7 nitrogen and oxygen atoms in total. The SMILES string of the molecule is O=C(O)C1CC1c1nnnn1-c1cccc(O)c1. The van der Waals surface area contributed by atoms with E-state index in [1.54, 1.807) is 18.2 Å². The highest BCUT2D eigenvalue weighted by atomic mass is 16.4. The summed E-state index contributed by atoms with van der Waals surface area (Å²) >= 11 is 0. The fraction of sp³-hybridized carbons (Fsp3) is 0.273. The second-order valence-electron chi connectivity index (χ2n) is 4.26. The number of carboxylic acid groups (broad SMARTS) is 1. The van der Waals surface area contributed by atoms with E-state index in [9.17, 15) is 9.90 Å². The van der Waals surface area contributed by atoms with Gasteiger partial charge in [-0.15, -0.1) is 5.10 Å². The van der Waals surface area contributed by atoms with E-state index in [4.69, 9.17) is 5.11 Å². The van der Waals surface area contributed by atoms with Crippen LogP contribution in [0.3, 0.4) is 0 Å². The largest absolute Gasteiger partial charge is 0.508 e. The van der Waals surface area contributed by atoms with Crippen LogP contribution in [0.5, 0.6) is 5.75 Å². The van der Waals surface area contributed by atoms with E-state index in [1.807, 2.05) is 0 Å². The van der Waals surface area contributed by atoms with Crippen molar-refractivity contribution in [2.45, 2.75) is 12.3 Å². The Hall–Kier alpha value is -2.44. The number of carbonyl (C=O) groups is 1. The van der Waals surface area contributed by atoms with Gasteiger partial charge in [-0.2, -0.15) is 4.68 Å². The zero-order valence-electron chi connectivity index (χ0n) is 9.26. The van der Waals surface area contributed by atoms with E-state index in [0.29, 0.717) is 17.9 Å². The summed E-state index contributed by atoms with van der Waals surface area (Å²) in [5, 5.41) is 29.6. The number of phenolic OH excluding ortho intramolecular Hbond substituents is 1. The highest BCUT2D eigenvalue weighted by Crippen LogP contribution is 2.46. The van der Waals surface area contributed by atoms with Crippen molar-refractivity contribution in [3.05, 3.63) is 30.1 Å². The van der Waals surface area contributed by atoms with Crippen LogP contribution < -0.4 is 0 Å². The molecule has 7 heteroatoms. The molecule has 0 aliphatic heterocycles. The number of aromatic hydroxyl groups is 1. The summed E-state index contributed by atoms with van der Waals surface area (Å²) in [7, 11) is 0. The van der Waals surface area contributed by atoms with Gasteiger partial charge in [-0.3, -0.25) is 4.79 Å². The van der Waals surface area contributed by atoms with Crippen LogP contribution in [0.15, 0.2) is 24.3 Å². The number of phenols is 1. The third-order valence-electron chi connectivity index (χ3n) is 3.01. The molecule has 18 heavy (non-hydrogen) atoms. The van der Waals surface area contributed by atoms with Crippen molar-refractivity contribution in [2.75, 3.05) is 0 Å². The van der Waals surface area contributed by atoms with Gasteiger partial charge in [-0.25, -0.2) is 0 Å². The number of hydrogen-bond acceptors (Lipinski definition) is 5. The highest BCUT2D eigenvalue weighted by Gasteiger charge is 2.47. The van der Waals surface area contributed by atoms with Gasteiger partial charge in [-0.05, 0) is 29.0 Å². The van der Waals surface area contributed by atoms with Gasteiger partial charge in [0.05, 0.1) is 11.6 Å². The molecule has 3 rings (SSSR count). The lowest BCUT2D eigenvalue weighted by Crippen LogP contribution is -2.05. The number of rotatable bonds is 3. The van der Waals surface area contributed by atoms with Gasteiger partial charge in [0.15, 0.2) is 5.82 Å². The fourth-order valence-electron chi connectivity index (χ4n) is 1.99. The van der Waals surface area contributed by atoms with Crippen molar-refractivity contribution >= 4 is 5.97 Å². The normalized spacial score (nSPS) is 21.8. The molecule has 2 atom stereocenters. The number of aromatic nitrogens is 4. The molecule has 1 aromatic carbocycles. The van der Waals surface area contributed by atoms with E-state index in [-0.39, 0.29) is 11.7 Å². The quantitative estimate of drug-likeness (QED) is 0.820. The van der Waals surface area contributed by atoms with Crippen LogP contribution in [0.4, 0.5) is 0 Å². The molecule has 1 aliphatic carbocycles. The van der Waals surface area contributed by atoms with E-state index >= 15 is 0 Å². The summed E-state index contributed by atoms with van der Waals surface area (Å²) in [6.45, 7) is 0. The zero-order chi connectivity index (χ0) is 12.7. The van der Waals surface area contributed by atoms with Gasteiger partial charge < -0.3 is 10.2 Å². The average Bonchev–Trinajstić information content (AvgIpc) is 2.99. The highest BCUT2D eigenvalue weighted by molar-refractivity contribution is 5.74. The third kappa shape index (κ3) is 1.69. The molecule has 1 heterocycles. The van der Waals surface area contributed by atoms with Crippen molar-refractivity contribution in [1.82, 2.24) is 20.2 Å². The standard InChI is InChI=1S/C11H10N4O3/c16-7-3-1-2-6(4-7)15-10(12-13-14-15)8-5-9(8)11(17)18/h1-4,8-9,16H,5H2,(H,17,18). The Morgan fingerprint density at radius 1 is 1.44 bits per heavy atom. The molecule has 0 amide bonds. The predicted molar refractivity (Wildman–Crippen MR) is 59.3 cm³/mol.